The van der Waals surface area contributed by atoms with E-state index in [-0.39, 0.29) is 59.3 Å². The van der Waals surface area contributed by atoms with Crippen LogP contribution in [0.3, 0.4) is 0 Å². The van der Waals surface area contributed by atoms with Crippen molar-refractivity contribution in [2.45, 2.75) is 0 Å². The Morgan fingerprint density at radius 1 is 1.00 bits per heavy atom. The molecule has 0 aliphatic rings. The third kappa shape index (κ3) is 9.49. The van der Waals surface area contributed by atoms with Gasteiger partial charge in [0.25, 0.3) is 0 Å². The fourth-order valence-corrected chi connectivity index (χ4v) is 0. The molecule has 0 aromatic rings. The molecule has 5 radical (unpaired) electrons. The van der Waals surface area contributed by atoms with Crippen LogP contribution in [0.2, 0.25) is 0 Å². The normalized spacial score (nSPS) is 0. The predicted octanol–water partition coefficient (Wildman–Crippen LogP) is -0.767. The largest absolute Gasteiger partial charge is 0 e. The smallest absolute Gasteiger partial charge is 0 e. The van der Waals surface area contributed by atoms with Crippen LogP contribution in [0, 0.1) is 0 Å². The summed E-state index contributed by atoms with van der Waals surface area (Å²) in [5, 5.41) is 0. The fraction of sp³-hybridized carbons (Fsp3) is 0. The average molecular weight is 200 g/mol. The third-order valence-corrected chi connectivity index (χ3v) is 0. The molecule has 25 valence electrons. The minimum Gasteiger partial charge on any atom is 0 e. The van der Waals surface area contributed by atoms with Gasteiger partial charge in [-0.05, 0) is 0 Å². The quantitative estimate of drug-likeness (QED) is 0.451. The molecule has 4 heavy (non-hydrogen) atoms. The molecule has 0 saturated heterocycles. The first kappa shape index (κ1) is 46.0. The SMILES string of the molecule is [B].[Cr].[Ni].[Se]. The maximum atomic E-state index is 0. The van der Waals surface area contributed by atoms with E-state index < -0.39 is 0 Å². The molecule has 0 nitrogen and oxygen atoms in total. The summed E-state index contributed by atoms with van der Waals surface area (Å²) in [6.45, 7) is 0. The zero-order valence-corrected chi connectivity index (χ0v) is 5.69. The van der Waals surface area contributed by atoms with Gasteiger partial charge in [0, 0.05) is 59.3 Å². The van der Waals surface area contributed by atoms with Gasteiger partial charge in [0.2, 0.25) is 0 Å². The Bertz CT molecular complexity index is 8.00. The van der Waals surface area contributed by atoms with Gasteiger partial charge < -0.3 is 0 Å². The summed E-state index contributed by atoms with van der Waals surface area (Å²) in [5.41, 5.74) is 0. The van der Waals surface area contributed by atoms with E-state index in [1.54, 1.807) is 0 Å². The van der Waals surface area contributed by atoms with Gasteiger partial charge in [0.1, 0.15) is 0 Å². The van der Waals surface area contributed by atoms with Crippen molar-refractivity contribution in [2.24, 2.45) is 0 Å². The van der Waals surface area contributed by atoms with Gasteiger partial charge in [-0.2, -0.15) is 0 Å². The maximum Gasteiger partial charge on any atom is 0 e. The van der Waals surface area contributed by atoms with Gasteiger partial charge in [-0.3, -0.25) is 0 Å². The van der Waals surface area contributed by atoms with Gasteiger partial charge in [-0.1, -0.05) is 0 Å². The zero-order chi connectivity index (χ0) is 0. The van der Waals surface area contributed by atoms with E-state index in [1.807, 2.05) is 0 Å². The molecule has 0 aromatic heterocycles. The molecule has 0 fully saturated rings. The van der Waals surface area contributed by atoms with Crippen LogP contribution in [0.4, 0.5) is 0 Å². The molecule has 0 atom stereocenters. The molecule has 0 aromatic carbocycles. The van der Waals surface area contributed by atoms with Crippen molar-refractivity contribution in [3.63, 3.8) is 0 Å². The minimum absolute atomic E-state index is 0. The zero-order valence-electron chi connectivity index (χ0n) is 1.71. The molecular formula is BCrNiSe. The number of hydrogen-bond acceptors (Lipinski definition) is 0. The van der Waals surface area contributed by atoms with Crippen LogP contribution >= 0.6 is 0 Å². The number of hydrogen-bond donors (Lipinski definition) is 0. The topological polar surface area (TPSA) is 0 Å². The molecule has 4 heteroatoms. The Balaban J connectivity index is 0. The van der Waals surface area contributed by atoms with Gasteiger partial charge in [-0.15, -0.1) is 0 Å². The first-order chi connectivity index (χ1) is 0. The molecule has 0 bridgehead atoms. The van der Waals surface area contributed by atoms with Crippen molar-refractivity contribution in [1.82, 2.24) is 0 Å². The van der Waals surface area contributed by atoms with Crippen molar-refractivity contribution in [1.29, 1.82) is 0 Å². The van der Waals surface area contributed by atoms with E-state index in [1.165, 1.54) is 0 Å². The van der Waals surface area contributed by atoms with Crippen molar-refractivity contribution < 1.29 is 33.9 Å². The van der Waals surface area contributed by atoms with E-state index in [4.69, 9.17) is 0 Å². The van der Waals surface area contributed by atoms with Gasteiger partial charge >= 0.3 is 0 Å². The molecule has 0 heterocycles. The van der Waals surface area contributed by atoms with Crippen molar-refractivity contribution >= 4 is 25.5 Å². The van der Waals surface area contributed by atoms with Crippen molar-refractivity contribution in [3.05, 3.63) is 0 Å². The summed E-state index contributed by atoms with van der Waals surface area (Å²) >= 11 is 0. The summed E-state index contributed by atoms with van der Waals surface area (Å²) in [4.78, 5) is 0. The van der Waals surface area contributed by atoms with E-state index >= 15 is 0 Å². The average Bonchev–Trinajstić information content (AvgIpc) is 0. The third-order valence-electron chi connectivity index (χ3n) is 0. The van der Waals surface area contributed by atoms with Crippen LogP contribution in [0.15, 0.2) is 0 Å². The van der Waals surface area contributed by atoms with Crippen LogP contribution < -0.4 is 0 Å². The van der Waals surface area contributed by atoms with Gasteiger partial charge in [0.05, 0.1) is 0 Å². The first-order valence-corrected chi connectivity index (χ1v) is 0. The molecular weight excluding hydrogens is 200 g/mol. The second-order valence-corrected chi connectivity index (χ2v) is 0. The van der Waals surface area contributed by atoms with E-state index in [0.29, 0.717) is 0 Å². The molecule has 0 unspecified atom stereocenters. The monoisotopic (exact) mass is 201 g/mol. The standard InChI is InChI=1S/B.Cr.Ni.Se. The predicted molar refractivity (Wildman–Crippen MR) is 11.5 cm³/mol. The molecule has 0 aliphatic heterocycles. The van der Waals surface area contributed by atoms with Crippen LogP contribution in [-0.2, 0) is 33.9 Å². The Morgan fingerprint density at radius 3 is 1.00 bits per heavy atom. The van der Waals surface area contributed by atoms with E-state index in [2.05, 4.69) is 0 Å². The van der Waals surface area contributed by atoms with Gasteiger partial charge in [-0.25, -0.2) is 0 Å². The van der Waals surface area contributed by atoms with Crippen LogP contribution in [0.5, 0.6) is 0 Å². The van der Waals surface area contributed by atoms with Crippen molar-refractivity contribution in [2.75, 3.05) is 0 Å². The Morgan fingerprint density at radius 2 is 1.00 bits per heavy atom. The second-order valence-electron chi connectivity index (χ2n) is 0. The van der Waals surface area contributed by atoms with Crippen molar-refractivity contribution in [3.8, 4) is 0 Å². The molecule has 0 rings (SSSR count). The van der Waals surface area contributed by atoms with Gasteiger partial charge in [0.15, 0.2) is 0 Å². The summed E-state index contributed by atoms with van der Waals surface area (Å²) in [7, 11) is 0. The summed E-state index contributed by atoms with van der Waals surface area (Å²) in [6.07, 6.45) is 0. The maximum absolute atomic E-state index is 0. The molecule has 0 aliphatic carbocycles. The Kier molecular flexibility index (Phi) is 266. The molecule has 0 N–H and O–H groups in total. The van der Waals surface area contributed by atoms with Crippen LogP contribution in [0.25, 0.3) is 0 Å². The summed E-state index contributed by atoms with van der Waals surface area (Å²) in [6, 6.07) is 0. The van der Waals surface area contributed by atoms with E-state index in [9.17, 15) is 0 Å². The fourth-order valence-electron chi connectivity index (χ4n) is 0. The number of rotatable bonds is 0. The molecule has 0 amide bonds. The summed E-state index contributed by atoms with van der Waals surface area (Å²) in [5.74, 6) is 0. The Hall–Kier alpha value is 1.61. The van der Waals surface area contributed by atoms with E-state index in [0.717, 1.165) is 0 Å². The Labute approximate surface area is 59.2 Å². The second kappa shape index (κ2) is 23.2. The minimum atomic E-state index is 0. The van der Waals surface area contributed by atoms with Crippen LogP contribution in [-0.4, -0.2) is 25.5 Å². The summed E-state index contributed by atoms with van der Waals surface area (Å²) < 4.78 is 0. The van der Waals surface area contributed by atoms with Crippen LogP contribution in [0.1, 0.15) is 0 Å². The molecule has 0 spiro atoms. The first-order valence-electron chi connectivity index (χ1n) is 0. The molecule has 0 saturated carbocycles.